The predicted octanol–water partition coefficient (Wildman–Crippen LogP) is 3.02. The van der Waals surface area contributed by atoms with Crippen LogP contribution in [0, 0.1) is 18.3 Å². The van der Waals surface area contributed by atoms with Gasteiger partial charge in [0.15, 0.2) is 11.5 Å². The Balaban J connectivity index is 2.72. The van der Waals surface area contributed by atoms with E-state index in [0.29, 0.717) is 34.9 Å². The van der Waals surface area contributed by atoms with Crippen LogP contribution in [0.25, 0.3) is 11.1 Å². The van der Waals surface area contributed by atoms with E-state index in [0.717, 1.165) is 6.42 Å². The number of aromatic amines is 1. The van der Waals surface area contributed by atoms with E-state index >= 15 is 0 Å². The lowest BCUT2D eigenvalue weighted by atomic mass is 9.99. The summed E-state index contributed by atoms with van der Waals surface area (Å²) in [5, 5.41) is 9.30. The van der Waals surface area contributed by atoms with Gasteiger partial charge in [0.05, 0.1) is 13.7 Å². The van der Waals surface area contributed by atoms with Crippen LogP contribution >= 0.6 is 0 Å². The number of aryl methyl sites for hydroxylation is 1. The first-order valence-corrected chi connectivity index (χ1v) is 7.06. The zero-order valence-electron chi connectivity index (χ0n) is 12.9. The molecule has 0 aliphatic carbocycles. The Labute approximate surface area is 129 Å². The number of methoxy groups -OCH3 is 1. The maximum Gasteiger partial charge on any atom is 0.266 e. The van der Waals surface area contributed by atoms with E-state index in [2.05, 4.69) is 4.98 Å². The van der Waals surface area contributed by atoms with Crippen LogP contribution in [-0.4, -0.2) is 18.7 Å². The molecule has 0 bridgehead atoms. The van der Waals surface area contributed by atoms with Crippen LogP contribution < -0.4 is 15.0 Å². The molecular formula is C17H18N2O3. The van der Waals surface area contributed by atoms with E-state index in [-0.39, 0.29) is 5.56 Å². The van der Waals surface area contributed by atoms with E-state index in [1.165, 1.54) is 0 Å². The van der Waals surface area contributed by atoms with Crippen molar-refractivity contribution in [1.82, 2.24) is 4.98 Å². The number of hydrogen-bond donors (Lipinski definition) is 1. The summed E-state index contributed by atoms with van der Waals surface area (Å²) in [6.45, 7) is 4.31. The molecular weight excluding hydrogens is 280 g/mol. The number of hydrogen-bond acceptors (Lipinski definition) is 4. The molecule has 114 valence electrons. The van der Waals surface area contributed by atoms with Crippen molar-refractivity contribution in [2.75, 3.05) is 13.7 Å². The second kappa shape index (κ2) is 6.81. The van der Waals surface area contributed by atoms with Crippen LogP contribution in [0.2, 0.25) is 0 Å². The van der Waals surface area contributed by atoms with E-state index in [1.807, 2.05) is 25.1 Å². The molecule has 2 rings (SSSR count). The van der Waals surface area contributed by atoms with Gasteiger partial charge in [-0.05, 0) is 25.5 Å². The Morgan fingerprint density at radius 3 is 2.73 bits per heavy atom. The largest absolute Gasteiger partial charge is 0.493 e. The van der Waals surface area contributed by atoms with Crippen molar-refractivity contribution >= 4 is 0 Å². The van der Waals surface area contributed by atoms with Gasteiger partial charge in [0, 0.05) is 16.8 Å². The van der Waals surface area contributed by atoms with Gasteiger partial charge in [-0.15, -0.1) is 0 Å². The number of pyridine rings is 1. The number of ether oxygens (including phenoxy) is 2. The lowest BCUT2D eigenvalue weighted by Gasteiger charge is -2.15. The highest BCUT2D eigenvalue weighted by Gasteiger charge is 2.17. The SMILES string of the molecule is CCCOc1c(OC)cccc1-c1cc(C)[nH]c(=O)c1C#N. The summed E-state index contributed by atoms with van der Waals surface area (Å²) < 4.78 is 11.1. The smallest absolute Gasteiger partial charge is 0.266 e. The number of nitriles is 1. The first-order valence-electron chi connectivity index (χ1n) is 7.06. The summed E-state index contributed by atoms with van der Waals surface area (Å²) in [6, 6.07) is 9.17. The number of aromatic nitrogens is 1. The normalized spacial score (nSPS) is 10.1. The van der Waals surface area contributed by atoms with Crippen molar-refractivity contribution in [1.29, 1.82) is 5.26 Å². The highest BCUT2D eigenvalue weighted by molar-refractivity contribution is 5.78. The average molecular weight is 298 g/mol. The molecule has 0 atom stereocenters. The first kappa shape index (κ1) is 15.6. The Bertz CT molecular complexity index is 772. The molecule has 2 aromatic rings. The number of rotatable bonds is 5. The minimum Gasteiger partial charge on any atom is -0.493 e. The van der Waals surface area contributed by atoms with Crippen molar-refractivity contribution in [3.63, 3.8) is 0 Å². The molecule has 0 saturated heterocycles. The highest BCUT2D eigenvalue weighted by atomic mass is 16.5. The summed E-state index contributed by atoms with van der Waals surface area (Å²) >= 11 is 0. The average Bonchev–Trinajstić information content (AvgIpc) is 2.51. The van der Waals surface area contributed by atoms with E-state index in [9.17, 15) is 10.1 Å². The fourth-order valence-electron chi connectivity index (χ4n) is 2.25. The second-order valence-corrected chi connectivity index (χ2v) is 4.87. The summed E-state index contributed by atoms with van der Waals surface area (Å²) in [6.07, 6.45) is 0.844. The quantitative estimate of drug-likeness (QED) is 0.920. The summed E-state index contributed by atoms with van der Waals surface area (Å²) in [4.78, 5) is 14.6. The summed E-state index contributed by atoms with van der Waals surface area (Å²) in [7, 11) is 1.56. The molecule has 0 saturated carbocycles. The van der Waals surface area contributed by atoms with Crippen LogP contribution in [-0.2, 0) is 0 Å². The monoisotopic (exact) mass is 298 g/mol. The third kappa shape index (κ3) is 2.96. The number of nitrogens with zero attached hydrogens (tertiary/aromatic N) is 1. The van der Waals surface area contributed by atoms with Gasteiger partial charge < -0.3 is 14.5 Å². The molecule has 0 radical (unpaired) electrons. The highest BCUT2D eigenvalue weighted by Crippen LogP contribution is 2.39. The molecule has 5 heteroatoms. The third-order valence-electron chi connectivity index (χ3n) is 3.22. The van der Waals surface area contributed by atoms with Gasteiger partial charge in [0.2, 0.25) is 0 Å². The maximum absolute atomic E-state index is 12.0. The van der Waals surface area contributed by atoms with Crippen molar-refractivity contribution in [2.45, 2.75) is 20.3 Å². The molecule has 0 amide bonds. The molecule has 0 spiro atoms. The minimum atomic E-state index is -0.401. The molecule has 1 heterocycles. The lowest BCUT2D eigenvalue weighted by molar-refractivity contribution is 0.295. The Hall–Kier alpha value is -2.74. The summed E-state index contributed by atoms with van der Waals surface area (Å²) in [5.41, 5.74) is 1.58. The van der Waals surface area contributed by atoms with Crippen LogP contribution in [0.1, 0.15) is 24.6 Å². The molecule has 1 aromatic heterocycles. The Kier molecular flexibility index (Phi) is 4.84. The fourth-order valence-corrected chi connectivity index (χ4v) is 2.25. The van der Waals surface area contributed by atoms with Crippen LogP contribution in [0.15, 0.2) is 29.1 Å². The van der Waals surface area contributed by atoms with Gasteiger partial charge in [-0.2, -0.15) is 5.26 Å². The number of benzene rings is 1. The lowest BCUT2D eigenvalue weighted by Crippen LogP contribution is -2.13. The van der Waals surface area contributed by atoms with Gasteiger partial charge >= 0.3 is 0 Å². The molecule has 22 heavy (non-hydrogen) atoms. The second-order valence-electron chi connectivity index (χ2n) is 4.87. The maximum atomic E-state index is 12.0. The van der Waals surface area contributed by atoms with Crippen LogP contribution in [0.3, 0.4) is 0 Å². The van der Waals surface area contributed by atoms with Crippen molar-refractivity contribution < 1.29 is 9.47 Å². The molecule has 0 aliphatic heterocycles. The number of para-hydroxylation sites is 1. The third-order valence-corrected chi connectivity index (χ3v) is 3.22. The van der Waals surface area contributed by atoms with E-state index in [1.54, 1.807) is 26.2 Å². The molecule has 0 fully saturated rings. The first-order chi connectivity index (χ1) is 10.6. The fraction of sp³-hybridized carbons (Fsp3) is 0.294. The zero-order chi connectivity index (χ0) is 16.1. The molecule has 1 N–H and O–H groups in total. The van der Waals surface area contributed by atoms with Gasteiger partial charge in [0.25, 0.3) is 5.56 Å². The number of H-pyrrole nitrogens is 1. The van der Waals surface area contributed by atoms with Crippen LogP contribution in [0.5, 0.6) is 11.5 Å². The van der Waals surface area contributed by atoms with Crippen molar-refractivity contribution in [3.8, 4) is 28.7 Å². The topological polar surface area (TPSA) is 75.1 Å². The van der Waals surface area contributed by atoms with Gasteiger partial charge in [-0.3, -0.25) is 4.79 Å². The zero-order valence-corrected chi connectivity index (χ0v) is 12.9. The molecule has 0 aliphatic rings. The Morgan fingerprint density at radius 2 is 2.09 bits per heavy atom. The molecule has 1 aromatic carbocycles. The van der Waals surface area contributed by atoms with Gasteiger partial charge in [-0.1, -0.05) is 19.1 Å². The molecule has 0 unspecified atom stereocenters. The molecule has 5 nitrogen and oxygen atoms in total. The predicted molar refractivity (Wildman–Crippen MR) is 84.3 cm³/mol. The van der Waals surface area contributed by atoms with Gasteiger partial charge in [-0.25, -0.2) is 0 Å². The Morgan fingerprint density at radius 1 is 1.32 bits per heavy atom. The van der Waals surface area contributed by atoms with Crippen molar-refractivity contribution in [2.24, 2.45) is 0 Å². The summed E-state index contributed by atoms with van der Waals surface area (Å²) in [5.74, 6) is 1.13. The van der Waals surface area contributed by atoms with Gasteiger partial charge in [0.1, 0.15) is 11.6 Å². The minimum absolute atomic E-state index is 0.0696. The van der Waals surface area contributed by atoms with Crippen molar-refractivity contribution in [3.05, 3.63) is 45.9 Å². The standard InChI is InChI=1S/C17H18N2O3/c1-4-8-22-16-12(6-5-7-15(16)21-3)13-9-11(2)19-17(20)14(13)10-18/h5-7,9H,4,8H2,1-3H3,(H,19,20). The van der Waals surface area contributed by atoms with E-state index in [4.69, 9.17) is 9.47 Å². The van der Waals surface area contributed by atoms with E-state index < -0.39 is 5.56 Å². The number of nitrogens with one attached hydrogen (secondary N) is 1. The van der Waals surface area contributed by atoms with Crippen LogP contribution in [0.4, 0.5) is 0 Å².